The number of hydrogen-bond acceptors (Lipinski definition) is 4. The molecule has 7 heteroatoms. The quantitative estimate of drug-likeness (QED) is 0.170. The van der Waals surface area contributed by atoms with Gasteiger partial charge in [-0.1, -0.05) is 0 Å². The van der Waals surface area contributed by atoms with Crippen LogP contribution in [-0.4, -0.2) is 24.5 Å². The van der Waals surface area contributed by atoms with Gasteiger partial charge in [-0.2, -0.15) is 0 Å². The summed E-state index contributed by atoms with van der Waals surface area (Å²) >= 11 is 0. The lowest BCUT2D eigenvalue weighted by atomic mass is 10.3. The molecule has 0 unspecified atom stereocenters. The van der Waals surface area contributed by atoms with E-state index >= 15 is 0 Å². The molecule has 0 amide bonds. The minimum atomic E-state index is -0.312. The van der Waals surface area contributed by atoms with E-state index in [1.54, 1.807) is 0 Å². The van der Waals surface area contributed by atoms with Gasteiger partial charge in [-0.25, -0.2) is 0 Å². The summed E-state index contributed by atoms with van der Waals surface area (Å²) < 4.78 is 0. The third-order valence-corrected chi connectivity index (χ3v) is 0.913. The van der Waals surface area contributed by atoms with Gasteiger partial charge in [0.05, 0.1) is 0 Å². The maximum atomic E-state index is 9.56. The van der Waals surface area contributed by atoms with Gasteiger partial charge in [0.25, 0.3) is 0 Å². The Morgan fingerprint density at radius 2 is 1.43 bits per heavy atom. The molecule has 80 valence electrons. The second-order valence-corrected chi connectivity index (χ2v) is 2.22. The number of carbonyl (C=O) groups excluding carboxylic acids is 2. The zero-order valence-electron chi connectivity index (χ0n) is 7.75. The normalized spacial score (nSPS) is 7.71. The number of nitrogens with two attached hydrogens (primary N) is 2. The minimum absolute atomic E-state index is 0.312. The van der Waals surface area contributed by atoms with Crippen LogP contribution in [0.4, 0.5) is 0 Å². The molecule has 0 aliphatic rings. The Morgan fingerprint density at radius 3 is 1.57 bits per heavy atom. The van der Waals surface area contributed by atoms with Crippen LogP contribution in [0, 0.1) is 10.8 Å². The predicted molar refractivity (Wildman–Crippen MR) is 52.9 cm³/mol. The van der Waals surface area contributed by atoms with Gasteiger partial charge in [0.1, 0.15) is 12.6 Å². The van der Waals surface area contributed by atoms with Gasteiger partial charge in [0.2, 0.25) is 0 Å². The fourth-order valence-electron chi connectivity index (χ4n) is 0.430. The van der Waals surface area contributed by atoms with E-state index in [2.05, 4.69) is 0 Å². The summed E-state index contributed by atoms with van der Waals surface area (Å²) in [5.74, 6) is -0.625. The molecule has 0 spiro atoms. The van der Waals surface area contributed by atoms with E-state index in [0.717, 1.165) is 12.6 Å². The number of unbranched alkanes of at least 4 members (excludes halogenated alkanes) is 2. The van der Waals surface area contributed by atoms with Crippen LogP contribution in [0.3, 0.4) is 0 Å². The number of hydrogen-bond donors (Lipinski definition) is 5. The molecule has 0 saturated heterocycles. The molecule has 0 aromatic heterocycles. The maximum absolute atomic E-state index is 9.56. The number of guanidine groups is 2. The number of nitrogens with one attached hydrogen (secondary N) is 3. The number of aldehydes is 2. The molecule has 0 aromatic carbocycles. The summed E-state index contributed by atoms with van der Waals surface area (Å²) in [6.45, 7) is 0. The molecule has 0 fully saturated rings. The van der Waals surface area contributed by atoms with Crippen LogP contribution in [0.5, 0.6) is 0 Å². The molecule has 0 aromatic rings. The van der Waals surface area contributed by atoms with E-state index in [4.69, 9.17) is 22.3 Å². The molecule has 0 heterocycles. The molecule has 0 bridgehead atoms. The highest BCUT2D eigenvalue weighted by molar-refractivity contribution is 5.93. The average molecular weight is 201 g/mol. The Balaban J connectivity index is 0. The highest BCUT2D eigenvalue weighted by Crippen LogP contribution is 1.85. The smallest absolute Gasteiger partial charge is 0.192 e. The topological polar surface area (TPSA) is 146 Å². The Kier molecular flexibility index (Phi) is 11.6. The second kappa shape index (κ2) is 11.1. The van der Waals surface area contributed by atoms with E-state index in [9.17, 15) is 9.59 Å². The van der Waals surface area contributed by atoms with Crippen molar-refractivity contribution in [1.82, 2.24) is 5.32 Å². The first-order valence-corrected chi connectivity index (χ1v) is 3.87. The van der Waals surface area contributed by atoms with Gasteiger partial charge >= 0.3 is 0 Å². The molecule has 7 N–H and O–H groups in total. The van der Waals surface area contributed by atoms with E-state index in [-0.39, 0.29) is 11.9 Å². The molecule has 0 rings (SSSR count). The van der Waals surface area contributed by atoms with Gasteiger partial charge in [0.15, 0.2) is 11.9 Å². The standard InChI is InChI=1S/C5H8O2.C2H7N5/c6-4-2-1-3-5-7;3-1(4)7-2(5)6/h4-5H,1-3H2;(H7,3,4,5,6,7). The van der Waals surface area contributed by atoms with Crippen LogP contribution < -0.4 is 16.8 Å². The van der Waals surface area contributed by atoms with Gasteiger partial charge < -0.3 is 21.1 Å². The molecule has 0 saturated carbocycles. The van der Waals surface area contributed by atoms with E-state index in [1.807, 2.05) is 5.32 Å². The van der Waals surface area contributed by atoms with E-state index < -0.39 is 0 Å². The van der Waals surface area contributed by atoms with Crippen molar-refractivity contribution in [2.24, 2.45) is 11.5 Å². The molecule has 0 aliphatic heterocycles. The van der Waals surface area contributed by atoms with Crippen LogP contribution in [0.15, 0.2) is 0 Å². The zero-order valence-corrected chi connectivity index (χ0v) is 7.75. The summed E-state index contributed by atoms with van der Waals surface area (Å²) in [5.41, 5.74) is 9.49. The molecule has 0 radical (unpaired) electrons. The lowest BCUT2D eigenvalue weighted by molar-refractivity contribution is -0.108. The first kappa shape index (κ1) is 14.6. The zero-order chi connectivity index (χ0) is 11.4. The Hall–Kier alpha value is -1.92. The largest absolute Gasteiger partial charge is 0.370 e. The SMILES string of the molecule is N=C(N)NC(=N)N.O=CCCCC=O. The summed E-state index contributed by atoms with van der Waals surface area (Å²) in [7, 11) is 0. The molecule has 0 aliphatic carbocycles. The highest BCUT2D eigenvalue weighted by atomic mass is 16.1. The minimum Gasteiger partial charge on any atom is -0.370 e. The fourth-order valence-corrected chi connectivity index (χ4v) is 0.430. The first-order chi connectivity index (χ1) is 6.54. The van der Waals surface area contributed by atoms with E-state index in [0.29, 0.717) is 19.3 Å². The van der Waals surface area contributed by atoms with Crippen molar-refractivity contribution in [3.8, 4) is 0 Å². The Morgan fingerprint density at radius 1 is 1.07 bits per heavy atom. The fraction of sp³-hybridized carbons (Fsp3) is 0.429. The summed E-state index contributed by atoms with van der Waals surface area (Å²) in [5, 5.41) is 15.0. The van der Waals surface area contributed by atoms with Gasteiger partial charge in [-0.05, 0) is 6.42 Å². The molecule has 14 heavy (non-hydrogen) atoms. The third kappa shape index (κ3) is 22.5. The van der Waals surface area contributed by atoms with Crippen LogP contribution in [-0.2, 0) is 9.59 Å². The van der Waals surface area contributed by atoms with Crippen molar-refractivity contribution in [1.29, 1.82) is 10.8 Å². The molecule has 7 nitrogen and oxygen atoms in total. The van der Waals surface area contributed by atoms with Crippen LogP contribution in [0.25, 0.3) is 0 Å². The maximum Gasteiger partial charge on any atom is 0.192 e. The van der Waals surface area contributed by atoms with Crippen molar-refractivity contribution in [3.63, 3.8) is 0 Å². The molecular formula is C7H15N5O2. The van der Waals surface area contributed by atoms with Crippen LogP contribution in [0.1, 0.15) is 19.3 Å². The number of carbonyl (C=O) groups is 2. The summed E-state index contributed by atoms with van der Waals surface area (Å²) in [6, 6.07) is 0. The predicted octanol–water partition coefficient (Wildman–Crippen LogP) is -1.08. The first-order valence-electron chi connectivity index (χ1n) is 3.87. The van der Waals surface area contributed by atoms with Gasteiger partial charge in [-0.15, -0.1) is 0 Å². The monoisotopic (exact) mass is 201 g/mol. The van der Waals surface area contributed by atoms with Gasteiger partial charge in [0, 0.05) is 12.8 Å². The van der Waals surface area contributed by atoms with Crippen molar-refractivity contribution < 1.29 is 9.59 Å². The summed E-state index contributed by atoms with van der Waals surface area (Å²) in [6.07, 6.45) is 3.37. The lowest BCUT2D eigenvalue weighted by Crippen LogP contribution is -2.39. The van der Waals surface area contributed by atoms with E-state index in [1.165, 1.54) is 0 Å². The van der Waals surface area contributed by atoms with Gasteiger partial charge in [-0.3, -0.25) is 16.1 Å². The van der Waals surface area contributed by atoms with Crippen molar-refractivity contribution in [2.75, 3.05) is 0 Å². The highest BCUT2D eigenvalue weighted by Gasteiger charge is 1.83. The second-order valence-electron chi connectivity index (χ2n) is 2.22. The Bertz CT molecular complexity index is 184. The lowest BCUT2D eigenvalue weighted by Gasteiger charge is -1.95. The van der Waals surface area contributed by atoms with Crippen molar-refractivity contribution in [2.45, 2.75) is 19.3 Å². The Labute approximate surface area is 81.9 Å². The summed E-state index contributed by atoms with van der Waals surface area (Å²) in [4.78, 5) is 19.1. The number of rotatable bonds is 4. The third-order valence-electron chi connectivity index (χ3n) is 0.913. The van der Waals surface area contributed by atoms with Crippen molar-refractivity contribution >= 4 is 24.5 Å². The average Bonchev–Trinajstić information content (AvgIpc) is 2.04. The van der Waals surface area contributed by atoms with Crippen LogP contribution >= 0.6 is 0 Å². The molecule has 0 atom stereocenters. The van der Waals surface area contributed by atoms with Crippen molar-refractivity contribution in [3.05, 3.63) is 0 Å². The van der Waals surface area contributed by atoms with Crippen LogP contribution in [0.2, 0.25) is 0 Å². The molecular weight excluding hydrogens is 186 g/mol.